The zero-order valence-electron chi connectivity index (χ0n) is 11.3. The number of nitrogens with one attached hydrogen (secondary N) is 1. The summed E-state index contributed by atoms with van der Waals surface area (Å²) in [6.07, 6.45) is 5.55. The van der Waals surface area contributed by atoms with E-state index in [1.165, 1.54) is 11.3 Å². The van der Waals surface area contributed by atoms with Crippen LogP contribution in [0.25, 0.3) is 10.1 Å². The van der Waals surface area contributed by atoms with Crippen molar-refractivity contribution in [2.45, 2.75) is 26.7 Å². The van der Waals surface area contributed by atoms with Gasteiger partial charge in [0.2, 0.25) is 0 Å². The number of nitrogens with zero attached hydrogens (tertiary/aromatic N) is 1. The van der Waals surface area contributed by atoms with Gasteiger partial charge in [-0.15, -0.1) is 11.3 Å². The average Bonchev–Trinajstić information content (AvgIpc) is 2.72. The molecular weight excluding hydrogens is 258 g/mol. The summed E-state index contributed by atoms with van der Waals surface area (Å²) < 4.78 is 0.951. The van der Waals surface area contributed by atoms with Gasteiger partial charge in [-0.25, -0.2) is 0 Å². The van der Waals surface area contributed by atoms with Crippen molar-refractivity contribution in [3.63, 3.8) is 0 Å². The number of fused-ring (bicyclic) bond motifs is 1. The van der Waals surface area contributed by atoms with E-state index in [0.717, 1.165) is 22.9 Å². The maximum atomic E-state index is 12.1. The Morgan fingerprint density at radius 1 is 1.53 bits per heavy atom. The fourth-order valence-electron chi connectivity index (χ4n) is 1.93. The molecule has 2 heterocycles. The molecule has 5 heteroatoms. The summed E-state index contributed by atoms with van der Waals surface area (Å²) in [7, 11) is 0. The van der Waals surface area contributed by atoms with E-state index in [4.69, 9.17) is 5.73 Å². The first-order valence-electron chi connectivity index (χ1n) is 6.49. The molecule has 1 amide bonds. The van der Waals surface area contributed by atoms with E-state index in [0.29, 0.717) is 23.0 Å². The molecule has 4 nitrogen and oxygen atoms in total. The van der Waals surface area contributed by atoms with Gasteiger partial charge in [0.05, 0.1) is 10.4 Å². The number of thiophene rings is 1. The highest BCUT2D eigenvalue weighted by atomic mass is 32.1. The van der Waals surface area contributed by atoms with Crippen molar-refractivity contribution in [2.24, 2.45) is 5.92 Å². The fraction of sp³-hybridized carbons (Fsp3) is 0.429. The lowest BCUT2D eigenvalue weighted by molar-refractivity contribution is 0.0957. The molecule has 0 radical (unpaired) electrons. The Labute approximate surface area is 117 Å². The number of amides is 1. The Bertz CT molecular complexity index is 577. The number of carbonyl (C=O) groups excluding carboxylic acids is 1. The Hall–Kier alpha value is -1.62. The quantitative estimate of drug-likeness (QED) is 0.825. The largest absolute Gasteiger partial charge is 0.397 e. The Balaban J connectivity index is 2.03. The second-order valence-corrected chi connectivity index (χ2v) is 6.06. The van der Waals surface area contributed by atoms with Crippen molar-refractivity contribution in [2.75, 3.05) is 12.3 Å². The minimum absolute atomic E-state index is 0.0811. The molecule has 0 saturated carbocycles. The molecule has 102 valence electrons. The van der Waals surface area contributed by atoms with Crippen LogP contribution in [0, 0.1) is 5.92 Å². The first-order chi connectivity index (χ1) is 9.09. The van der Waals surface area contributed by atoms with Crippen LogP contribution in [0.4, 0.5) is 5.69 Å². The third-order valence-corrected chi connectivity index (χ3v) is 4.14. The zero-order valence-corrected chi connectivity index (χ0v) is 12.1. The van der Waals surface area contributed by atoms with Crippen LogP contribution in [0.3, 0.4) is 0 Å². The Morgan fingerprint density at radius 3 is 3.00 bits per heavy atom. The van der Waals surface area contributed by atoms with Crippen LogP contribution in [0.2, 0.25) is 0 Å². The van der Waals surface area contributed by atoms with Crippen LogP contribution < -0.4 is 11.1 Å². The number of hydrogen-bond donors (Lipinski definition) is 2. The number of rotatable bonds is 5. The molecule has 0 aromatic carbocycles. The van der Waals surface area contributed by atoms with Gasteiger partial charge in [0.1, 0.15) is 4.88 Å². The monoisotopic (exact) mass is 277 g/mol. The third-order valence-electron chi connectivity index (χ3n) is 2.98. The van der Waals surface area contributed by atoms with E-state index in [2.05, 4.69) is 24.1 Å². The van der Waals surface area contributed by atoms with Crippen molar-refractivity contribution < 1.29 is 4.79 Å². The summed E-state index contributed by atoms with van der Waals surface area (Å²) in [5.74, 6) is 0.583. The lowest BCUT2D eigenvalue weighted by Gasteiger charge is -2.06. The van der Waals surface area contributed by atoms with Crippen LogP contribution in [-0.2, 0) is 0 Å². The van der Waals surface area contributed by atoms with E-state index in [9.17, 15) is 4.79 Å². The lowest BCUT2D eigenvalue weighted by atomic mass is 10.1. The van der Waals surface area contributed by atoms with Crippen LogP contribution >= 0.6 is 11.3 Å². The van der Waals surface area contributed by atoms with Crippen molar-refractivity contribution in [1.82, 2.24) is 10.3 Å². The minimum atomic E-state index is -0.0811. The molecule has 0 aliphatic rings. The third kappa shape index (κ3) is 3.23. The molecule has 0 unspecified atom stereocenters. The van der Waals surface area contributed by atoms with Crippen molar-refractivity contribution in [3.05, 3.63) is 23.3 Å². The van der Waals surface area contributed by atoms with E-state index in [-0.39, 0.29) is 5.91 Å². The summed E-state index contributed by atoms with van der Waals surface area (Å²) >= 11 is 1.40. The molecule has 19 heavy (non-hydrogen) atoms. The molecule has 0 spiro atoms. The maximum Gasteiger partial charge on any atom is 0.263 e. The molecule has 0 saturated heterocycles. The number of nitrogen functional groups attached to an aromatic ring is 1. The maximum absolute atomic E-state index is 12.1. The molecule has 2 aromatic heterocycles. The van der Waals surface area contributed by atoms with Crippen molar-refractivity contribution in [3.8, 4) is 0 Å². The average molecular weight is 277 g/mol. The highest BCUT2D eigenvalue weighted by molar-refractivity contribution is 7.21. The Kier molecular flexibility index (Phi) is 4.37. The van der Waals surface area contributed by atoms with Crippen LogP contribution in [-0.4, -0.2) is 17.4 Å². The number of aromatic nitrogens is 1. The molecule has 3 N–H and O–H groups in total. The van der Waals surface area contributed by atoms with Crippen LogP contribution in [0.5, 0.6) is 0 Å². The van der Waals surface area contributed by atoms with Crippen molar-refractivity contribution in [1.29, 1.82) is 0 Å². The van der Waals surface area contributed by atoms with Gasteiger partial charge in [-0.3, -0.25) is 9.78 Å². The SMILES string of the molecule is CC(C)CCCNC(=O)c1sc2cnccc2c1N. The second kappa shape index (κ2) is 6.02. The van der Waals surface area contributed by atoms with Gasteiger partial charge in [0.25, 0.3) is 5.91 Å². The van der Waals surface area contributed by atoms with Gasteiger partial charge in [0, 0.05) is 24.3 Å². The topological polar surface area (TPSA) is 68.0 Å². The number of anilines is 1. The summed E-state index contributed by atoms with van der Waals surface area (Å²) in [6, 6.07) is 1.84. The molecule has 0 fully saturated rings. The van der Waals surface area contributed by atoms with Gasteiger partial charge < -0.3 is 11.1 Å². The van der Waals surface area contributed by atoms with Crippen LogP contribution in [0.1, 0.15) is 36.4 Å². The van der Waals surface area contributed by atoms with E-state index >= 15 is 0 Å². The second-order valence-electron chi connectivity index (χ2n) is 5.01. The van der Waals surface area contributed by atoms with E-state index in [1.54, 1.807) is 12.4 Å². The van der Waals surface area contributed by atoms with E-state index < -0.39 is 0 Å². The standard InChI is InChI=1S/C14H19N3OS/c1-9(2)4-3-6-17-14(18)13-12(15)10-5-7-16-8-11(10)19-13/h5,7-9H,3-4,6,15H2,1-2H3,(H,17,18). The first kappa shape index (κ1) is 13.8. The number of pyridine rings is 1. The smallest absolute Gasteiger partial charge is 0.263 e. The molecule has 0 aliphatic carbocycles. The minimum Gasteiger partial charge on any atom is -0.397 e. The first-order valence-corrected chi connectivity index (χ1v) is 7.31. The van der Waals surface area contributed by atoms with Gasteiger partial charge >= 0.3 is 0 Å². The van der Waals surface area contributed by atoms with E-state index in [1.807, 2.05) is 6.07 Å². The van der Waals surface area contributed by atoms with Gasteiger partial charge in [-0.1, -0.05) is 13.8 Å². The summed E-state index contributed by atoms with van der Waals surface area (Å²) in [4.78, 5) is 16.7. The number of hydrogen-bond acceptors (Lipinski definition) is 4. The normalized spacial score (nSPS) is 11.1. The van der Waals surface area contributed by atoms with Gasteiger partial charge in [-0.2, -0.15) is 0 Å². The Morgan fingerprint density at radius 2 is 2.32 bits per heavy atom. The highest BCUT2D eigenvalue weighted by Gasteiger charge is 2.15. The molecule has 0 atom stereocenters. The van der Waals surface area contributed by atoms with Crippen LogP contribution in [0.15, 0.2) is 18.5 Å². The number of nitrogens with two attached hydrogens (primary N) is 1. The molecular formula is C14H19N3OS. The van der Waals surface area contributed by atoms with Crippen molar-refractivity contribution >= 4 is 33.0 Å². The summed E-state index contributed by atoms with van der Waals surface area (Å²) in [6.45, 7) is 5.06. The molecule has 0 aliphatic heterocycles. The summed E-state index contributed by atoms with van der Waals surface area (Å²) in [5, 5.41) is 3.84. The predicted octanol–water partition coefficient (Wildman–Crippen LogP) is 3.04. The highest BCUT2D eigenvalue weighted by Crippen LogP contribution is 2.32. The van der Waals surface area contributed by atoms with Gasteiger partial charge in [0.15, 0.2) is 0 Å². The number of carbonyl (C=O) groups is 1. The molecule has 0 bridgehead atoms. The van der Waals surface area contributed by atoms with Gasteiger partial charge in [-0.05, 0) is 24.8 Å². The fourth-order valence-corrected chi connectivity index (χ4v) is 2.94. The summed E-state index contributed by atoms with van der Waals surface area (Å²) in [5.41, 5.74) is 6.57. The zero-order chi connectivity index (χ0) is 13.8. The lowest BCUT2D eigenvalue weighted by Crippen LogP contribution is -2.24. The predicted molar refractivity (Wildman–Crippen MR) is 80.4 cm³/mol. The molecule has 2 aromatic rings. The molecule has 2 rings (SSSR count).